The highest BCUT2D eigenvalue weighted by Crippen LogP contribution is 2.40. The molecule has 6 heteroatoms. The summed E-state index contributed by atoms with van der Waals surface area (Å²) in [5, 5.41) is 30.9. The zero-order chi connectivity index (χ0) is 20.1. The van der Waals surface area contributed by atoms with Crippen LogP contribution in [0, 0.1) is 5.82 Å². The summed E-state index contributed by atoms with van der Waals surface area (Å²) in [5.41, 5.74) is 3.45. The minimum Gasteiger partial charge on any atom is -0.388 e. The Kier molecular flexibility index (Phi) is 4.67. The Morgan fingerprint density at radius 1 is 1.00 bits per heavy atom. The first-order valence-corrected chi connectivity index (χ1v) is 10.0. The predicted octanol–water partition coefficient (Wildman–Crippen LogP) is 2.86. The predicted molar refractivity (Wildman–Crippen MR) is 106 cm³/mol. The van der Waals surface area contributed by atoms with E-state index in [-0.39, 0.29) is 12.4 Å². The SMILES string of the molecule is O[C@@H]1[C@@H](O)[C@H](c2cn(Cc3ccc(C4CC4)cc3)c3c(F)cccc23)OC[C@H]1O. The summed E-state index contributed by atoms with van der Waals surface area (Å²) in [4.78, 5) is 0. The van der Waals surface area contributed by atoms with Gasteiger partial charge in [0.05, 0.1) is 12.1 Å². The van der Waals surface area contributed by atoms with E-state index < -0.39 is 24.4 Å². The molecule has 0 radical (unpaired) electrons. The van der Waals surface area contributed by atoms with Crippen molar-refractivity contribution in [2.75, 3.05) is 6.61 Å². The number of aliphatic hydroxyl groups excluding tert-OH is 3. The molecule has 4 atom stereocenters. The molecule has 5 rings (SSSR count). The van der Waals surface area contributed by atoms with Crippen molar-refractivity contribution in [3.05, 3.63) is 71.2 Å². The first kappa shape index (κ1) is 18.8. The van der Waals surface area contributed by atoms with Crippen LogP contribution in [0.4, 0.5) is 4.39 Å². The van der Waals surface area contributed by atoms with Crippen molar-refractivity contribution in [1.29, 1.82) is 0 Å². The van der Waals surface area contributed by atoms with Crippen molar-refractivity contribution in [2.24, 2.45) is 0 Å². The van der Waals surface area contributed by atoms with E-state index in [1.807, 2.05) is 4.57 Å². The second-order valence-corrected chi connectivity index (χ2v) is 8.17. The Morgan fingerprint density at radius 2 is 1.76 bits per heavy atom. The van der Waals surface area contributed by atoms with Gasteiger partial charge in [-0.1, -0.05) is 36.4 Å². The molecule has 1 saturated carbocycles. The van der Waals surface area contributed by atoms with Crippen LogP contribution in [0.1, 0.15) is 41.6 Å². The minimum atomic E-state index is -1.31. The Bertz CT molecular complexity index is 1030. The number of hydrogen-bond donors (Lipinski definition) is 3. The average Bonchev–Trinajstić information content (AvgIpc) is 3.50. The van der Waals surface area contributed by atoms with Crippen LogP contribution in [-0.2, 0) is 11.3 Å². The number of aliphatic hydroxyl groups is 3. The third kappa shape index (κ3) is 3.36. The second-order valence-electron chi connectivity index (χ2n) is 8.17. The number of ether oxygens (including phenoxy) is 1. The quantitative estimate of drug-likeness (QED) is 0.633. The lowest BCUT2D eigenvalue weighted by molar-refractivity contribution is -0.188. The van der Waals surface area contributed by atoms with E-state index in [4.69, 9.17) is 4.74 Å². The molecular weight excluding hydrogens is 373 g/mol. The van der Waals surface area contributed by atoms with Crippen molar-refractivity contribution in [2.45, 2.75) is 49.7 Å². The van der Waals surface area contributed by atoms with Crippen LogP contribution >= 0.6 is 0 Å². The van der Waals surface area contributed by atoms with Gasteiger partial charge in [0.25, 0.3) is 0 Å². The topological polar surface area (TPSA) is 74.9 Å². The molecule has 1 aliphatic heterocycles. The number of hydrogen-bond acceptors (Lipinski definition) is 4. The maximum Gasteiger partial charge on any atom is 0.147 e. The van der Waals surface area contributed by atoms with E-state index in [9.17, 15) is 19.7 Å². The first-order valence-electron chi connectivity index (χ1n) is 10.0. The lowest BCUT2D eigenvalue weighted by Gasteiger charge is -2.35. The fraction of sp³-hybridized carbons (Fsp3) is 0.391. The van der Waals surface area contributed by atoms with E-state index in [0.29, 0.717) is 28.9 Å². The zero-order valence-electron chi connectivity index (χ0n) is 15.9. The van der Waals surface area contributed by atoms with Crippen molar-refractivity contribution >= 4 is 10.9 Å². The molecule has 2 heterocycles. The maximum atomic E-state index is 14.7. The number of aromatic nitrogens is 1. The molecule has 3 N–H and O–H groups in total. The Labute approximate surface area is 168 Å². The Balaban J connectivity index is 1.52. The average molecular weight is 397 g/mol. The van der Waals surface area contributed by atoms with Gasteiger partial charge >= 0.3 is 0 Å². The lowest BCUT2D eigenvalue weighted by Crippen LogP contribution is -2.48. The number of halogens is 1. The lowest BCUT2D eigenvalue weighted by atomic mass is 9.94. The molecule has 29 heavy (non-hydrogen) atoms. The van der Waals surface area contributed by atoms with Crippen LogP contribution in [0.2, 0.25) is 0 Å². The van der Waals surface area contributed by atoms with Crippen LogP contribution in [0.5, 0.6) is 0 Å². The number of benzene rings is 2. The van der Waals surface area contributed by atoms with Crippen LogP contribution in [0.15, 0.2) is 48.7 Å². The van der Waals surface area contributed by atoms with Gasteiger partial charge in [0.2, 0.25) is 0 Å². The van der Waals surface area contributed by atoms with Gasteiger partial charge in [0.15, 0.2) is 0 Å². The standard InChI is InChI=1S/C23H24FNO4/c24-18-3-1-2-16-17(23-22(28)21(27)19(26)12-29-23)11-25(20(16)18)10-13-4-6-14(7-5-13)15-8-9-15/h1-7,11,15,19,21-23,26-28H,8-10,12H2/t19-,21+,22-,23+/m1/s1. The summed E-state index contributed by atoms with van der Waals surface area (Å²) in [7, 11) is 0. The monoisotopic (exact) mass is 397 g/mol. The highest BCUT2D eigenvalue weighted by molar-refractivity contribution is 5.85. The highest BCUT2D eigenvalue weighted by Gasteiger charge is 2.39. The molecule has 2 fully saturated rings. The molecule has 152 valence electrons. The van der Waals surface area contributed by atoms with Gasteiger partial charge in [-0.05, 0) is 36.0 Å². The summed E-state index contributed by atoms with van der Waals surface area (Å²) in [6.45, 7) is 0.393. The molecule has 5 nitrogen and oxygen atoms in total. The number of nitrogens with zero attached hydrogens (tertiary/aromatic N) is 1. The second kappa shape index (κ2) is 7.22. The van der Waals surface area contributed by atoms with Gasteiger partial charge in [-0.25, -0.2) is 4.39 Å². The molecule has 1 aliphatic carbocycles. The normalized spacial score (nSPS) is 27.4. The smallest absolute Gasteiger partial charge is 0.147 e. The van der Waals surface area contributed by atoms with Gasteiger partial charge in [-0.15, -0.1) is 0 Å². The highest BCUT2D eigenvalue weighted by atomic mass is 19.1. The van der Waals surface area contributed by atoms with Crippen LogP contribution in [-0.4, -0.2) is 44.8 Å². The van der Waals surface area contributed by atoms with Gasteiger partial charge < -0.3 is 24.6 Å². The van der Waals surface area contributed by atoms with E-state index in [0.717, 1.165) is 5.56 Å². The van der Waals surface area contributed by atoms with Crippen molar-refractivity contribution < 1.29 is 24.4 Å². The van der Waals surface area contributed by atoms with Gasteiger partial charge in [-0.3, -0.25) is 0 Å². The van der Waals surface area contributed by atoms with Crippen molar-refractivity contribution in [1.82, 2.24) is 4.57 Å². The molecule has 0 amide bonds. The Hall–Kier alpha value is -2.25. The summed E-state index contributed by atoms with van der Waals surface area (Å²) < 4.78 is 22.2. The molecule has 1 saturated heterocycles. The molecule has 0 bridgehead atoms. The van der Waals surface area contributed by atoms with Crippen LogP contribution < -0.4 is 0 Å². The summed E-state index contributed by atoms with van der Waals surface area (Å²) >= 11 is 0. The molecule has 1 aromatic heterocycles. The summed E-state index contributed by atoms with van der Waals surface area (Å²) in [5.74, 6) is 0.335. The van der Waals surface area contributed by atoms with Crippen LogP contribution in [0.3, 0.4) is 0 Å². The largest absolute Gasteiger partial charge is 0.388 e. The van der Waals surface area contributed by atoms with Crippen molar-refractivity contribution in [3.8, 4) is 0 Å². The third-order valence-corrected chi connectivity index (χ3v) is 6.07. The van der Waals surface area contributed by atoms with Gasteiger partial charge in [-0.2, -0.15) is 0 Å². The molecule has 2 aromatic carbocycles. The molecule has 0 spiro atoms. The van der Waals surface area contributed by atoms with E-state index in [1.165, 1.54) is 24.5 Å². The molecule has 0 unspecified atom stereocenters. The fourth-order valence-electron chi connectivity index (χ4n) is 4.28. The van der Waals surface area contributed by atoms with E-state index in [2.05, 4.69) is 24.3 Å². The number of para-hydroxylation sites is 1. The van der Waals surface area contributed by atoms with Crippen LogP contribution in [0.25, 0.3) is 10.9 Å². The van der Waals surface area contributed by atoms with Gasteiger partial charge in [0.1, 0.15) is 30.2 Å². The fourth-order valence-corrected chi connectivity index (χ4v) is 4.28. The first-order chi connectivity index (χ1) is 14.0. The third-order valence-electron chi connectivity index (χ3n) is 6.07. The Morgan fingerprint density at radius 3 is 2.48 bits per heavy atom. The molecule has 2 aliphatic rings. The number of fused-ring (bicyclic) bond motifs is 1. The van der Waals surface area contributed by atoms with E-state index in [1.54, 1.807) is 18.3 Å². The summed E-state index contributed by atoms with van der Waals surface area (Å²) in [6, 6.07) is 13.3. The summed E-state index contributed by atoms with van der Waals surface area (Å²) in [6.07, 6.45) is -0.302. The van der Waals surface area contributed by atoms with Gasteiger partial charge in [0, 0.05) is 23.7 Å². The minimum absolute atomic E-state index is 0.0898. The maximum absolute atomic E-state index is 14.7. The van der Waals surface area contributed by atoms with Crippen molar-refractivity contribution in [3.63, 3.8) is 0 Å². The molecule has 3 aromatic rings. The van der Waals surface area contributed by atoms with E-state index >= 15 is 0 Å². The number of rotatable bonds is 4. The zero-order valence-corrected chi connectivity index (χ0v) is 15.9. The molecular formula is C23H24FNO4.